The first-order valence-corrected chi connectivity index (χ1v) is 10.3. The molecular formula is C22H22F3N5O2S. The normalized spacial score (nSPS) is 11.6. The Morgan fingerprint density at radius 2 is 1.88 bits per heavy atom. The van der Waals surface area contributed by atoms with Crippen molar-refractivity contribution in [1.82, 2.24) is 20.1 Å². The number of halogens is 3. The minimum atomic E-state index is -4.74. The van der Waals surface area contributed by atoms with E-state index in [1.165, 1.54) is 41.5 Å². The van der Waals surface area contributed by atoms with Crippen LogP contribution in [0.2, 0.25) is 0 Å². The molecule has 11 heteroatoms. The number of nitrogens with one attached hydrogen (secondary N) is 2. The Hall–Kier alpha value is -3.60. The first kappa shape index (κ1) is 24.1. The summed E-state index contributed by atoms with van der Waals surface area (Å²) in [4.78, 5) is 4.10. The molecular weight excluding hydrogens is 455 g/mol. The summed E-state index contributed by atoms with van der Waals surface area (Å²) in [5.74, 6) is 0.402. The average Bonchev–Trinajstić information content (AvgIpc) is 3.22. The third kappa shape index (κ3) is 7.49. The lowest BCUT2D eigenvalue weighted by Gasteiger charge is -2.15. The Morgan fingerprint density at radius 3 is 2.58 bits per heavy atom. The molecule has 0 aliphatic carbocycles. The number of benzene rings is 2. The van der Waals surface area contributed by atoms with Gasteiger partial charge in [0.05, 0.1) is 11.9 Å². The van der Waals surface area contributed by atoms with Gasteiger partial charge in [-0.1, -0.05) is 32.0 Å². The molecule has 0 aliphatic heterocycles. The smallest absolute Gasteiger partial charge is 0.481 e. The van der Waals surface area contributed by atoms with E-state index in [1.54, 1.807) is 6.08 Å². The zero-order valence-electron chi connectivity index (χ0n) is 17.8. The van der Waals surface area contributed by atoms with Gasteiger partial charge in [-0.2, -0.15) is 0 Å². The Labute approximate surface area is 194 Å². The van der Waals surface area contributed by atoms with Gasteiger partial charge >= 0.3 is 6.36 Å². The fraction of sp³-hybridized carbons (Fsp3) is 0.227. The number of para-hydroxylation sites is 1. The van der Waals surface area contributed by atoms with E-state index in [4.69, 9.17) is 17.0 Å². The molecule has 0 fully saturated rings. The fourth-order valence-electron chi connectivity index (χ4n) is 2.82. The van der Waals surface area contributed by atoms with Gasteiger partial charge in [-0.3, -0.25) is 0 Å². The van der Waals surface area contributed by atoms with Gasteiger partial charge in [0.15, 0.2) is 17.7 Å². The van der Waals surface area contributed by atoms with Crippen molar-refractivity contribution < 1.29 is 22.6 Å². The van der Waals surface area contributed by atoms with E-state index in [0.29, 0.717) is 22.5 Å². The topological polar surface area (TPSA) is 73.2 Å². The molecule has 0 atom stereocenters. The Bertz CT molecular complexity index is 1100. The van der Waals surface area contributed by atoms with Crippen molar-refractivity contribution in [2.45, 2.75) is 26.1 Å². The highest BCUT2D eigenvalue weighted by Crippen LogP contribution is 2.24. The van der Waals surface area contributed by atoms with Crippen molar-refractivity contribution in [1.29, 1.82) is 0 Å². The van der Waals surface area contributed by atoms with Crippen molar-refractivity contribution in [3.8, 4) is 11.4 Å². The number of nitrogens with zero attached hydrogens (tertiary/aromatic N) is 3. The molecule has 0 radical (unpaired) electrons. The van der Waals surface area contributed by atoms with Gasteiger partial charge in [-0.15, -0.1) is 18.3 Å². The second-order valence-electron chi connectivity index (χ2n) is 7.08. The lowest BCUT2D eigenvalue weighted by molar-refractivity contribution is -0.274. The number of alkyl halides is 3. The fourth-order valence-corrected chi connectivity index (χ4v) is 2.99. The summed E-state index contributed by atoms with van der Waals surface area (Å²) in [6.07, 6.45) is -0.343. The van der Waals surface area contributed by atoms with Crippen LogP contribution in [0, 0.1) is 0 Å². The van der Waals surface area contributed by atoms with Gasteiger partial charge in [0, 0.05) is 11.8 Å². The quantitative estimate of drug-likeness (QED) is 0.199. The van der Waals surface area contributed by atoms with Gasteiger partial charge < -0.3 is 20.1 Å². The summed E-state index contributed by atoms with van der Waals surface area (Å²) in [6.45, 7) is 4.35. The van der Waals surface area contributed by atoms with Crippen LogP contribution in [-0.4, -0.2) is 33.0 Å². The molecule has 0 aliphatic rings. The summed E-state index contributed by atoms with van der Waals surface area (Å²) in [5, 5.41) is 10.7. The highest BCUT2D eigenvalue weighted by Gasteiger charge is 2.30. The van der Waals surface area contributed by atoms with Crippen LogP contribution >= 0.6 is 12.2 Å². The summed E-state index contributed by atoms with van der Waals surface area (Å²) >= 11 is 5.30. The van der Waals surface area contributed by atoms with E-state index >= 15 is 0 Å². The first-order valence-electron chi connectivity index (χ1n) is 9.91. The maximum atomic E-state index is 12.2. The predicted molar refractivity (Wildman–Crippen MR) is 123 cm³/mol. The molecule has 1 heterocycles. The van der Waals surface area contributed by atoms with Gasteiger partial charge in [0.1, 0.15) is 12.1 Å². The largest absolute Gasteiger partial charge is 0.573 e. The van der Waals surface area contributed by atoms with Gasteiger partial charge in [-0.25, -0.2) is 9.67 Å². The van der Waals surface area contributed by atoms with E-state index in [0.717, 1.165) is 11.3 Å². The van der Waals surface area contributed by atoms with Crippen LogP contribution < -0.4 is 15.4 Å². The summed E-state index contributed by atoms with van der Waals surface area (Å²) in [6, 6.07) is 13.2. The Kier molecular flexibility index (Phi) is 7.88. The van der Waals surface area contributed by atoms with Gasteiger partial charge in [0.2, 0.25) is 0 Å². The van der Waals surface area contributed by atoms with E-state index in [2.05, 4.69) is 39.3 Å². The zero-order valence-corrected chi connectivity index (χ0v) is 18.7. The molecule has 7 nitrogen and oxygen atoms in total. The lowest BCUT2D eigenvalue weighted by atomic mass is 10.0. The second-order valence-corrected chi connectivity index (χ2v) is 7.48. The van der Waals surface area contributed by atoms with E-state index in [-0.39, 0.29) is 12.5 Å². The van der Waals surface area contributed by atoms with Crippen molar-refractivity contribution in [3.05, 3.63) is 72.5 Å². The number of aromatic nitrogens is 3. The van der Waals surface area contributed by atoms with Crippen molar-refractivity contribution >= 4 is 29.1 Å². The van der Waals surface area contributed by atoms with Crippen molar-refractivity contribution in [3.63, 3.8) is 0 Å². The maximum absolute atomic E-state index is 12.2. The first-order chi connectivity index (χ1) is 15.7. The number of rotatable bonds is 8. The van der Waals surface area contributed by atoms with E-state index in [1.807, 2.05) is 24.3 Å². The molecule has 3 aromatic rings. The third-order valence-corrected chi connectivity index (χ3v) is 4.55. The molecule has 0 saturated heterocycles. The number of hydrogen-bond acceptors (Lipinski definition) is 5. The SMILES string of the molecule is CC(C)c1ccccc1NC(=S)NCO/C=C/c1ncn(-c2ccc(OC(F)(F)F)cc2)n1. The predicted octanol–water partition coefficient (Wildman–Crippen LogP) is 5.22. The molecule has 0 spiro atoms. The van der Waals surface area contributed by atoms with Crippen LogP contribution in [0.4, 0.5) is 18.9 Å². The lowest BCUT2D eigenvalue weighted by Crippen LogP contribution is -2.30. The molecule has 0 saturated carbocycles. The molecule has 3 rings (SSSR count). The van der Waals surface area contributed by atoms with E-state index in [9.17, 15) is 13.2 Å². The van der Waals surface area contributed by atoms with Crippen molar-refractivity contribution in [2.75, 3.05) is 12.0 Å². The van der Waals surface area contributed by atoms with Crippen LogP contribution in [-0.2, 0) is 4.74 Å². The van der Waals surface area contributed by atoms with Crippen molar-refractivity contribution in [2.24, 2.45) is 0 Å². The number of ether oxygens (including phenoxy) is 2. The summed E-state index contributed by atoms with van der Waals surface area (Å²) in [7, 11) is 0. The number of hydrogen-bond donors (Lipinski definition) is 2. The average molecular weight is 478 g/mol. The zero-order chi connectivity index (χ0) is 23.8. The number of anilines is 1. The molecule has 33 heavy (non-hydrogen) atoms. The van der Waals surface area contributed by atoms with Gasteiger partial charge in [-0.05, 0) is 54.0 Å². The molecule has 2 N–H and O–H groups in total. The van der Waals surface area contributed by atoms with E-state index < -0.39 is 6.36 Å². The van der Waals surface area contributed by atoms with Gasteiger partial charge in [0.25, 0.3) is 0 Å². The maximum Gasteiger partial charge on any atom is 0.573 e. The van der Waals surface area contributed by atoms with Crippen LogP contribution in [0.15, 0.2) is 61.1 Å². The van der Waals surface area contributed by atoms with Crippen LogP contribution in [0.3, 0.4) is 0 Å². The molecule has 0 unspecified atom stereocenters. The van der Waals surface area contributed by atoms with Crippen LogP contribution in [0.25, 0.3) is 11.8 Å². The molecule has 2 aromatic carbocycles. The van der Waals surface area contributed by atoms with Crippen LogP contribution in [0.5, 0.6) is 5.75 Å². The molecule has 1 aromatic heterocycles. The second kappa shape index (κ2) is 10.8. The highest BCUT2D eigenvalue weighted by molar-refractivity contribution is 7.80. The molecule has 174 valence electrons. The summed E-state index contributed by atoms with van der Waals surface area (Å²) in [5.41, 5.74) is 2.62. The minimum Gasteiger partial charge on any atom is -0.481 e. The Morgan fingerprint density at radius 1 is 1.15 bits per heavy atom. The standard InChI is InChI=1S/C22H22F3N5O2S/c1-15(2)18-5-3-4-6-19(18)28-21(33)27-14-31-12-11-20-26-13-30(29-20)16-7-9-17(10-8-16)32-22(23,24)25/h3-13,15H,14H2,1-2H3,(H2,27,28,33)/b12-11+. The highest BCUT2D eigenvalue weighted by atomic mass is 32.1. The monoisotopic (exact) mass is 477 g/mol. The molecule has 0 bridgehead atoms. The van der Waals surface area contributed by atoms with Crippen LogP contribution in [0.1, 0.15) is 31.2 Å². The minimum absolute atomic E-state index is 0.132. The molecule has 0 amide bonds. The third-order valence-electron chi connectivity index (χ3n) is 4.30. The Balaban J connectivity index is 1.46. The number of thiocarbonyl (C=S) groups is 1. The summed E-state index contributed by atoms with van der Waals surface area (Å²) < 4.78 is 47.4.